The first-order valence-corrected chi connectivity index (χ1v) is 5.30. The highest BCUT2D eigenvalue weighted by Crippen LogP contribution is 2.18. The van der Waals surface area contributed by atoms with E-state index in [4.69, 9.17) is 5.73 Å². The molecule has 0 saturated carbocycles. The van der Waals surface area contributed by atoms with Crippen molar-refractivity contribution in [3.8, 4) is 0 Å². The van der Waals surface area contributed by atoms with Gasteiger partial charge >= 0.3 is 0 Å². The van der Waals surface area contributed by atoms with E-state index in [0.717, 1.165) is 37.6 Å². The molecule has 82 valence electrons. The lowest BCUT2D eigenvalue weighted by molar-refractivity contribution is 0.503. The first-order chi connectivity index (χ1) is 7.29. The smallest absolute Gasteiger partial charge is 0.134 e. The Balaban J connectivity index is 2.13. The maximum absolute atomic E-state index is 5.93. The summed E-state index contributed by atoms with van der Waals surface area (Å²) in [7, 11) is 1.86. The molecule has 3 N–H and O–H groups in total. The molecule has 1 atom stereocenters. The maximum atomic E-state index is 5.93. The van der Waals surface area contributed by atoms with Gasteiger partial charge in [-0.05, 0) is 12.8 Å². The normalized spacial score (nSPS) is 21.5. The Bertz CT molecular complexity index is 327. The van der Waals surface area contributed by atoms with Crippen molar-refractivity contribution < 1.29 is 0 Å². The lowest BCUT2D eigenvalue weighted by Gasteiger charge is -2.31. The summed E-state index contributed by atoms with van der Waals surface area (Å²) in [5.41, 5.74) is 5.93. The summed E-state index contributed by atoms with van der Waals surface area (Å²) >= 11 is 0. The summed E-state index contributed by atoms with van der Waals surface area (Å²) in [6, 6.07) is 2.23. The third-order valence-electron chi connectivity index (χ3n) is 2.69. The number of rotatable bonds is 2. The average molecular weight is 207 g/mol. The number of nitrogens with one attached hydrogen (secondary N) is 1. The van der Waals surface area contributed by atoms with Gasteiger partial charge < -0.3 is 16.0 Å². The first kappa shape index (κ1) is 10.2. The highest BCUT2D eigenvalue weighted by molar-refractivity contribution is 5.48. The van der Waals surface area contributed by atoms with E-state index < -0.39 is 0 Å². The molecule has 2 rings (SSSR count). The lowest BCUT2D eigenvalue weighted by Crippen LogP contribution is -2.43. The van der Waals surface area contributed by atoms with Gasteiger partial charge in [0.15, 0.2) is 0 Å². The van der Waals surface area contributed by atoms with Gasteiger partial charge in [-0.2, -0.15) is 0 Å². The van der Waals surface area contributed by atoms with Crippen LogP contribution in [0.15, 0.2) is 12.4 Å². The molecule has 1 saturated heterocycles. The minimum Gasteiger partial charge on any atom is -0.373 e. The molecule has 0 bridgehead atoms. The molecule has 0 amide bonds. The number of piperidine rings is 1. The molecule has 15 heavy (non-hydrogen) atoms. The second-order valence-electron chi connectivity index (χ2n) is 3.86. The molecule has 0 aromatic carbocycles. The third kappa shape index (κ3) is 2.36. The number of hydrogen-bond donors (Lipinski definition) is 2. The molecule has 0 radical (unpaired) electrons. The summed E-state index contributed by atoms with van der Waals surface area (Å²) in [5, 5.41) is 3.01. The second kappa shape index (κ2) is 4.44. The van der Waals surface area contributed by atoms with Gasteiger partial charge in [0.05, 0.1) is 0 Å². The van der Waals surface area contributed by atoms with E-state index in [1.807, 2.05) is 13.1 Å². The Morgan fingerprint density at radius 1 is 1.53 bits per heavy atom. The fourth-order valence-electron chi connectivity index (χ4n) is 1.87. The minimum atomic E-state index is 0.270. The Hall–Kier alpha value is -1.36. The fraction of sp³-hybridized carbons (Fsp3) is 0.600. The molecule has 1 fully saturated rings. The Kier molecular flexibility index (Phi) is 3.01. The topological polar surface area (TPSA) is 67.1 Å². The molecule has 5 heteroatoms. The molecule has 1 aliphatic rings. The van der Waals surface area contributed by atoms with Crippen LogP contribution in [0.1, 0.15) is 12.8 Å². The van der Waals surface area contributed by atoms with Crippen molar-refractivity contribution in [3.63, 3.8) is 0 Å². The van der Waals surface area contributed by atoms with Crippen LogP contribution in [0.4, 0.5) is 11.6 Å². The van der Waals surface area contributed by atoms with Crippen molar-refractivity contribution in [3.05, 3.63) is 12.4 Å². The van der Waals surface area contributed by atoms with Crippen molar-refractivity contribution in [1.29, 1.82) is 0 Å². The van der Waals surface area contributed by atoms with Gasteiger partial charge in [-0.3, -0.25) is 0 Å². The summed E-state index contributed by atoms with van der Waals surface area (Å²) < 4.78 is 0. The molecule has 0 aliphatic carbocycles. The van der Waals surface area contributed by atoms with Crippen LogP contribution >= 0.6 is 0 Å². The van der Waals surface area contributed by atoms with Crippen LogP contribution in [-0.2, 0) is 0 Å². The maximum Gasteiger partial charge on any atom is 0.134 e. The number of hydrogen-bond acceptors (Lipinski definition) is 5. The van der Waals surface area contributed by atoms with Gasteiger partial charge in [-0.1, -0.05) is 0 Å². The zero-order chi connectivity index (χ0) is 10.7. The van der Waals surface area contributed by atoms with Crippen LogP contribution in [0.25, 0.3) is 0 Å². The minimum absolute atomic E-state index is 0.270. The van der Waals surface area contributed by atoms with Gasteiger partial charge in [0.2, 0.25) is 0 Å². The lowest BCUT2D eigenvalue weighted by atomic mass is 10.1. The van der Waals surface area contributed by atoms with Crippen molar-refractivity contribution in [2.45, 2.75) is 18.9 Å². The molecule has 1 aromatic rings. The summed E-state index contributed by atoms with van der Waals surface area (Å²) in [5.74, 6) is 1.81. The molecular weight excluding hydrogens is 190 g/mol. The highest BCUT2D eigenvalue weighted by atomic mass is 15.2. The van der Waals surface area contributed by atoms with E-state index in [1.54, 1.807) is 6.33 Å². The molecule has 5 nitrogen and oxygen atoms in total. The Morgan fingerprint density at radius 2 is 2.40 bits per heavy atom. The standard InChI is InChI=1S/C10H17N5/c1-12-9-5-10(14-7-13-9)15-4-2-3-8(11)6-15/h5,7-8H,2-4,6,11H2,1H3,(H,12,13,14). The predicted octanol–water partition coefficient (Wildman–Crippen LogP) is 0.446. The summed E-state index contributed by atoms with van der Waals surface area (Å²) in [6.45, 7) is 1.92. The van der Waals surface area contributed by atoms with Gasteiger partial charge in [0.1, 0.15) is 18.0 Å². The van der Waals surface area contributed by atoms with E-state index in [9.17, 15) is 0 Å². The number of anilines is 2. The van der Waals surface area contributed by atoms with E-state index in [0.29, 0.717) is 0 Å². The van der Waals surface area contributed by atoms with Crippen LogP contribution in [0.3, 0.4) is 0 Å². The van der Waals surface area contributed by atoms with Crippen molar-refractivity contribution in [2.75, 3.05) is 30.4 Å². The summed E-state index contributed by atoms with van der Waals surface area (Å²) in [4.78, 5) is 10.6. The molecular formula is C10H17N5. The SMILES string of the molecule is CNc1cc(N2CCCC(N)C2)ncn1. The Labute approximate surface area is 89.7 Å². The molecule has 0 spiro atoms. The molecule has 1 aromatic heterocycles. The van der Waals surface area contributed by atoms with Crippen molar-refractivity contribution in [1.82, 2.24) is 9.97 Å². The quantitative estimate of drug-likeness (QED) is 0.737. The van der Waals surface area contributed by atoms with Crippen LogP contribution in [0.5, 0.6) is 0 Å². The largest absolute Gasteiger partial charge is 0.373 e. The number of nitrogens with zero attached hydrogens (tertiary/aromatic N) is 3. The van der Waals surface area contributed by atoms with E-state index in [1.165, 1.54) is 0 Å². The Morgan fingerprint density at radius 3 is 3.13 bits per heavy atom. The number of aromatic nitrogens is 2. The van der Waals surface area contributed by atoms with Crippen LogP contribution in [-0.4, -0.2) is 36.1 Å². The number of nitrogens with two attached hydrogens (primary N) is 1. The zero-order valence-corrected chi connectivity index (χ0v) is 8.98. The van der Waals surface area contributed by atoms with E-state index in [2.05, 4.69) is 20.2 Å². The first-order valence-electron chi connectivity index (χ1n) is 5.30. The average Bonchev–Trinajstić information content (AvgIpc) is 2.29. The van der Waals surface area contributed by atoms with Gasteiger partial charge in [0, 0.05) is 32.2 Å². The second-order valence-corrected chi connectivity index (χ2v) is 3.86. The zero-order valence-electron chi connectivity index (χ0n) is 8.98. The molecule has 1 aliphatic heterocycles. The highest BCUT2D eigenvalue weighted by Gasteiger charge is 2.17. The third-order valence-corrected chi connectivity index (χ3v) is 2.69. The van der Waals surface area contributed by atoms with Crippen LogP contribution in [0, 0.1) is 0 Å². The van der Waals surface area contributed by atoms with Crippen LogP contribution in [0.2, 0.25) is 0 Å². The van der Waals surface area contributed by atoms with Crippen LogP contribution < -0.4 is 16.0 Å². The van der Waals surface area contributed by atoms with Crippen molar-refractivity contribution >= 4 is 11.6 Å². The van der Waals surface area contributed by atoms with Gasteiger partial charge in [-0.25, -0.2) is 9.97 Å². The van der Waals surface area contributed by atoms with Gasteiger partial charge in [0.25, 0.3) is 0 Å². The monoisotopic (exact) mass is 207 g/mol. The molecule has 1 unspecified atom stereocenters. The van der Waals surface area contributed by atoms with Crippen molar-refractivity contribution in [2.24, 2.45) is 5.73 Å². The molecule has 2 heterocycles. The fourth-order valence-corrected chi connectivity index (χ4v) is 1.87. The van der Waals surface area contributed by atoms with Gasteiger partial charge in [-0.15, -0.1) is 0 Å². The van der Waals surface area contributed by atoms with E-state index in [-0.39, 0.29) is 6.04 Å². The predicted molar refractivity (Wildman–Crippen MR) is 61.0 cm³/mol. The summed E-state index contributed by atoms with van der Waals surface area (Å²) in [6.07, 6.45) is 3.84. The van der Waals surface area contributed by atoms with E-state index >= 15 is 0 Å².